The van der Waals surface area contributed by atoms with E-state index >= 15 is 0 Å². The second-order valence-electron chi connectivity index (χ2n) is 8.09. The lowest BCUT2D eigenvalue weighted by Crippen LogP contribution is -2.43. The minimum atomic E-state index is -0.414. The Morgan fingerprint density at radius 1 is 1.14 bits per heavy atom. The fraction of sp³-hybridized carbons (Fsp3) is 0.375. The Kier molecular flexibility index (Phi) is 4.09. The number of hydrogen-bond donors (Lipinski definition) is 0. The van der Waals surface area contributed by atoms with Gasteiger partial charge in [0.2, 0.25) is 0 Å². The van der Waals surface area contributed by atoms with Crippen molar-refractivity contribution in [3.05, 3.63) is 58.7 Å². The minimum Gasteiger partial charge on any atom is -0.493 e. The third kappa shape index (κ3) is 2.64. The van der Waals surface area contributed by atoms with Crippen LogP contribution in [0.25, 0.3) is 0 Å². The van der Waals surface area contributed by atoms with Gasteiger partial charge in [-0.05, 0) is 48.9 Å². The zero-order valence-corrected chi connectivity index (χ0v) is 16.9. The Hall–Kier alpha value is -2.95. The minimum absolute atomic E-state index is 0.0783. The van der Waals surface area contributed by atoms with Gasteiger partial charge in [-0.15, -0.1) is 0 Å². The van der Waals surface area contributed by atoms with Crippen LogP contribution in [-0.2, 0) is 12.8 Å². The number of rotatable bonds is 3. The molecule has 0 spiro atoms. The van der Waals surface area contributed by atoms with Crippen LogP contribution in [0.4, 0.5) is 0 Å². The van der Waals surface area contributed by atoms with E-state index in [4.69, 9.17) is 18.9 Å². The van der Waals surface area contributed by atoms with Crippen molar-refractivity contribution in [2.45, 2.75) is 31.8 Å². The van der Waals surface area contributed by atoms with Gasteiger partial charge in [-0.3, -0.25) is 4.79 Å². The average molecular weight is 392 g/mol. The number of hydrogen-bond acceptors (Lipinski definition) is 5. The van der Waals surface area contributed by atoms with Gasteiger partial charge in [-0.1, -0.05) is 18.2 Å². The molecule has 2 aromatic carbocycles. The molecule has 0 saturated carbocycles. The van der Waals surface area contributed by atoms with Crippen molar-refractivity contribution in [3.8, 4) is 23.0 Å². The zero-order valence-electron chi connectivity index (χ0n) is 16.9. The Morgan fingerprint density at radius 2 is 1.90 bits per heavy atom. The van der Waals surface area contributed by atoms with E-state index in [0.29, 0.717) is 35.3 Å². The molecule has 3 unspecified atom stereocenters. The molecule has 2 aliphatic heterocycles. The molecule has 29 heavy (non-hydrogen) atoms. The molecule has 2 aromatic rings. The largest absolute Gasteiger partial charge is 0.493 e. The van der Waals surface area contributed by atoms with E-state index in [0.717, 1.165) is 29.7 Å². The standard InChI is InChI=1S/C24H24O5/c1-12(2)14-7-13-5-6-15-23(25)22-17-9-19(26-3)20(27-4)10-18(17)28-11-21(22)29-24(15)16(13)8-14/h5-6,9-10,14,21-22H,1,7-8,11H2,2-4H3. The zero-order chi connectivity index (χ0) is 20.3. The first-order chi connectivity index (χ1) is 14.0. The highest BCUT2D eigenvalue weighted by molar-refractivity contribution is 6.05. The van der Waals surface area contributed by atoms with Gasteiger partial charge in [-0.2, -0.15) is 0 Å². The van der Waals surface area contributed by atoms with E-state index in [2.05, 4.69) is 19.6 Å². The molecule has 0 radical (unpaired) electrons. The fourth-order valence-electron chi connectivity index (χ4n) is 4.79. The topological polar surface area (TPSA) is 54.0 Å². The van der Waals surface area contributed by atoms with Crippen molar-refractivity contribution in [1.82, 2.24) is 0 Å². The third-order valence-electron chi connectivity index (χ3n) is 6.41. The van der Waals surface area contributed by atoms with Gasteiger partial charge in [0.1, 0.15) is 24.2 Å². The smallest absolute Gasteiger partial charge is 0.178 e. The predicted molar refractivity (Wildman–Crippen MR) is 109 cm³/mol. The number of ether oxygens (including phenoxy) is 4. The number of fused-ring (bicyclic) bond motifs is 6. The molecule has 5 rings (SSSR count). The number of benzene rings is 2. The van der Waals surface area contributed by atoms with Crippen LogP contribution in [0.3, 0.4) is 0 Å². The predicted octanol–water partition coefficient (Wildman–Crippen LogP) is 4.11. The molecule has 1 aliphatic carbocycles. The molecule has 0 saturated heterocycles. The molecule has 5 nitrogen and oxygen atoms in total. The van der Waals surface area contributed by atoms with Gasteiger partial charge in [0.25, 0.3) is 0 Å². The Morgan fingerprint density at radius 3 is 2.62 bits per heavy atom. The summed E-state index contributed by atoms with van der Waals surface area (Å²) in [6.07, 6.45) is 1.48. The molecule has 3 aliphatic rings. The molecular formula is C24H24O5. The lowest BCUT2D eigenvalue weighted by molar-refractivity contribution is 0.0554. The van der Waals surface area contributed by atoms with Gasteiger partial charge in [-0.25, -0.2) is 0 Å². The molecule has 150 valence electrons. The summed E-state index contributed by atoms with van der Waals surface area (Å²) >= 11 is 0. The Balaban J connectivity index is 1.58. The summed E-state index contributed by atoms with van der Waals surface area (Å²) in [5, 5.41) is 0. The van der Waals surface area contributed by atoms with E-state index in [-0.39, 0.29) is 11.9 Å². The van der Waals surface area contributed by atoms with Crippen molar-refractivity contribution in [3.63, 3.8) is 0 Å². The number of carbonyl (C=O) groups excluding carboxylic acids is 1. The van der Waals surface area contributed by atoms with Crippen molar-refractivity contribution >= 4 is 5.78 Å². The first-order valence-electron chi connectivity index (χ1n) is 9.91. The molecule has 3 atom stereocenters. The maximum Gasteiger partial charge on any atom is 0.178 e. The van der Waals surface area contributed by atoms with Gasteiger partial charge in [0, 0.05) is 11.6 Å². The monoisotopic (exact) mass is 392 g/mol. The number of allylic oxidation sites excluding steroid dienone is 1. The Labute approximate surface area is 170 Å². The van der Waals surface area contributed by atoms with Gasteiger partial charge >= 0.3 is 0 Å². The molecule has 0 bridgehead atoms. The van der Waals surface area contributed by atoms with E-state index in [1.165, 1.54) is 11.1 Å². The summed E-state index contributed by atoms with van der Waals surface area (Å²) in [5.74, 6) is 2.62. The molecule has 5 heteroatoms. The lowest BCUT2D eigenvalue weighted by atomic mass is 9.81. The maximum absolute atomic E-state index is 13.6. The maximum atomic E-state index is 13.6. The van der Waals surface area contributed by atoms with Crippen molar-refractivity contribution in [1.29, 1.82) is 0 Å². The number of Topliss-reactive ketones (excluding diaryl/α,β-unsaturated/α-hetero) is 1. The molecule has 2 heterocycles. The van der Waals surface area contributed by atoms with Crippen molar-refractivity contribution < 1.29 is 23.7 Å². The molecular weight excluding hydrogens is 368 g/mol. The number of methoxy groups -OCH3 is 2. The van der Waals surface area contributed by atoms with Gasteiger partial charge in [0.15, 0.2) is 17.3 Å². The Bertz CT molecular complexity index is 1040. The summed E-state index contributed by atoms with van der Waals surface area (Å²) < 4.78 is 23.2. The van der Waals surface area contributed by atoms with Gasteiger partial charge in [0.05, 0.1) is 25.7 Å². The quantitative estimate of drug-likeness (QED) is 0.736. The van der Waals surface area contributed by atoms with Crippen LogP contribution in [0.1, 0.15) is 39.9 Å². The van der Waals surface area contributed by atoms with Crippen LogP contribution in [0, 0.1) is 5.92 Å². The van der Waals surface area contributed by atoms with E-state index in [1.807, 2.05) is 12.1 Å². The molecule has 0 N–H and O–H groups in total. The molecule has 0 amide bonds. The summed E-state index contributed by atoms with van der Waals surface area (Å²) in [5.41, 5.74) is 5.03. The van der Waals surface area contributed by atoms with Crippen LogP contribution < -0.4 is 18.9 Å². The second kappa shape index (κ2) is 6.55. The second-order valence-corrected chi connectivity index (χ2v) is 8.09. The van der Waals surface area contributed by atoms with E-state index in [1.54, 1.807) is 20.3 Å². The van der Waals surface area contributed by atoms with E-state index < -0.39 is 5.92 Å². The summed E-state index contributed by atoms with van der Waals surface area (Å²) in [7, 11) is 3.17. The first-order valence-corrected chi connectivity index (χ1v) is 9.91. The van der Waals surface area contributed by atoms with Crippen molar-refractivity contribution in [2.75, 3.05) is 20.8 Å². The fourth-order valence-corrected chi connectivity index (χ4v) is 4.79. The van der Waals surface area contributed by atoms with Crippen LogP contribution in [0.15, 0.2) is 36.4 Å². The van der Waals surface area contributed by atoms with Crippen molar-refractivity contribution in [2.24, 2.45) is 5.92 Å². The van der Waals surface area contributed by atoms with E-state index in [9.17, 15) is 4.79 Å². The SMILES string of the molecule is C=C(C)C1Cc2ccc3c(c2C1)OC1COc2cc(OC)c(OC)cc2C1C3=O. The van der Waals surface area contributed by atoms with Crippen LogP contribution in [0.2, 0.25) is 0 Å². The first kappa shape index (κ1) is 18.1. The summed E-state index contributed by atoms with van der Waals surface area (Å²) in [6, 6.07) is 7.62. The van der Waals surface area contributed by atoms with Gasteiger partial charge < -0.3 is 18.9 Å². The van der Waals surface area contributed by atoms with Crippen LogP contribution in [0.5, 0.6) is 23.0 Å². The number of carbonyl (C=O) groups is 1. The lowest BCUT2D eigenvalue weighted by Gasteiger charge is -2.38. The normalized spacial score (nSPS) is 23.7. The average Bonchev–Trinajstić information content (AvgIpc) is 3.17. The highest BCUT2D eigenvalue weighted by atomic mass is 16.5. The highest BCUT2D eigenvalue weighted by Gasteiger charge is 2.45. The third-order valence-corrected chi connectivity index (χ3v) is 6.41. The molecule has 0 fully saturated rings. The van der Waals surface area contributed by atoms with Crippen LogP contribution >= 0.6 is 0 Å². The highest BCUT2D eigenvalue weighted by Crippen LogP contribution is 2.49. The number of ketones is 1. The molecule has 0 aromatic heterocycles. The summed E-state index contributed by atoms with van der Waals surface area (Å²) in [6.45, 7) is 6.51. The van der Waals surface area contributed by atoms with Crippen LogP contribution in [-0.4, -0.2) is 32.7 Å². The summed E-state index contributed by atoms with van der Waals surface area (Å²) in [4.78, 5) is 13.6.